The maximum Gasteiger partial charge on any atom is 0.0351 e. The molecule has 1 atom stereocenters. The minimum absolute atomic E-state index is 0.540. The van der Waals surface area contributed by atoms with Crippen molar-refractivity contribution in [2.75, 3.05) is 0 Å². The van der Waals surface area contributed by atoms with E-state index >= 15 is 0 Å². The molecule has 0 aromatic heterocycles. The van der Waals surface area contributed by atoms with E-state index in [-0.39, 0.29) is 0 Å². The van der Waals surface area contributed by atoms with E-state index in [0.717, 1.165) is 19.6 Å². The Morgan fingerprint density at radius 3 is 1.65 bits per heavy atom. The molecular weight excluding hydrogens is 282 g/mol. The van der Waals surface area contributed by atoms with Gasteiger partial charge >= 0.3 is 0 Å². The minimum atomic E-state index is 0.540. The number of hydrogen-bond donors (Lipinski definition) is 3. The van der Waals surface area contributed by atoms with Crippen LogP contribution >= 0.6 is 0 Å². The zero-order chi connectivity index (χ0) is 16.5. The van der Waals surface area contributed by atoms with Gasteiger partial charge < -0.3 is 5.32 Å². The summed E-state index contributed by atoms with van der Waals surface area (Å²) in [5.41, 5.74) is 10.4. The Bertz CT molecular complexity index is 549. The molecule has 0 heterocycles. The van der Waals surface area contributed by atoms with Crippen LogP contribution in [0.2, 0.25) is 0 Å². The molecule has 3 N–H and O–H groups in total. The first-order valence-electron chi connectivity index (χ1n) is 8.46. The van der Waals surface area contributed by atoms with Gasteiger partial charge in [0.2, 0.25) is 0 Å². The zero-order valence-electron chi connectivity index (χ0n) is 14.5. The van der Waals surface area contributed by atoms with Crippen LogP contribution in [0, 0.1) is 5.92 Å². The van der Waals surface area contributed by atoms with Crippen LogP contribution in [-0.4, -0.2) is 6.04 Å². The Kier molecular flexibility index (Phi) is 7.27. The quantitative estimate of drug-likeness (QED) is 0.489. The second-order valence-corrected chi connectivity index (χ2v) is 6.42. The first kappa shape index (κ1) is 17.7. The molecule has 0 bridgehead atoms. The highest BCUT2D eigenvalue weighted by Gasteiger charge is 2.05. The molecule has 0 aliphatic rings. The molecule has 0 aliphatic carbocycles. The second kappa shape index (κ2) is 9.46. The third kappa shape index (κ3) is 6.53. The fourth-order valence-electron chi connectivity index (χ4n) is 2.21. The average molecular weight is 311 g/mol. The van der Waals surface area contributed by atoms with E-state index in [1.165, 1.54) is 16.7 Å². The predicted molar refractivity (Wildman–Crippen MR) is 97.7 cm³/mol. The van der Waals surface area contributed by atoms with Crippen LogP contribution in [0.5, 0.6) is 0 Å². The summed E-state index contributed by atoms with van der Waals surface area (Å²) < 4.78 is 0. The van der Waals surface area contributed by atoms with E-state index in [9.17, 15) is 0 Å². The van der Waals surface area contributed by atoms with Crippen LogP contribution in [0.1, 0.15) is 37.5 Å². The van der Waals surface area contributed by atoms with E-state index in [2.05, 4.69) is 85.5 Å². The van der Waals surface area contributed by atoms with Crippen LogP contribution in [0.4, 0.5) is 0 Å². The fraction of sp³-hybridized carbons (Fsp3) is 0.400. The molecule has 2 aromatic carbocycles. The maximum absolute atomic E-state index is 3.56. The summed E-state index contributed by atoms with van der Waals surface area (Å²) in [7, 11) is 0. The monoisotopic (exact) mass is 311 g/mol. The molecule has 0 unspecified atom stereocenters. The smallest absolute Gasteiger partial charge is 0.0351 e. The highest BCUT2D eigenvalue weighted by molar-refractivity contribution is 5.22. The van der Waals surface area contributed by atoms with Gasteiger partial charge in [0, 0.05) is 25.7 Å². The third-order valence-electron chi connectivity index (χ3n) is 4.20. The van der Waals surface area contributed by atoms with Crippen molar-refractivity contribution < 1.29 is 0 Å². The van der Waals surface area contributed by atoms with Gasteiger partial charge in [-0.3, -0.25) is 10.9 Å². The van der Waals surface area contributed by atoms with Gasteiger partial charge in [-0.05, 0) is 29.5 Å². The standard InChI is InChI=1S/C20H29N3/c1-16(2)17(3)21-13-19-9-11-20(12-10-19)15-23-22-14-18-7-5-4-6-8-18/h4-12,16-17,21-23H,13-15H2,1-3H3/t17-/m0/s1. The lowest BCUT2D eigenvalue weighted by Crippen LogP contribution is -2.30. The summed E-state index contributed by atoms with van der Waals surface area (Å²) in [6, 6.07) is 19.7. The van der Waals surface area contributed by atoms with E-state index in [0.29, 0.717) is 12.0 Å². The molecule has 3 heteroatoms. The summed E-state index contributed by atoms with van der Waals surface area (Å²) in [6.45, 7) is 9.31. The maximum atomic E-state index is 3.56. The van der Waals surface area contributed by atoms with Crippen LogP contribution in [0.15, 0.2) is 54.6 Å². The Labute approximate surface area is 140 Å². The summed E-state index contributed by atoms with van der Waals surface area (Å²) in [4.78, 5) is 0. The first-order chi connectivity index (χ1) is 11.1. The summed E-state index contributed by atoms with van der Waals surface area (Å²) in [5.74, 6) is 0.661. The van der Waals surface area contributed by atoms with E-state index < -0.39 is 0 Å². The normalized spacial score (nSPS) is 12.5. The van der Waals surface area contributed by atoms with Crippen molar-refractivity contribution in [1.82, 2.24) is 16.2 Å². The highest BCUT2D eigenvalue weighted by atomic mass is 15.3. The van der Waals surface area contributed by atoms with Crippen molar-refractivity contribution in [3.05, 3.63) is 71.3 Å². The van der Waals surface area contributed by atoms with Crippen LogP contribution in [-0.2, 0) is 19.6 Å². The predicted octanol–water partition coefficient (Wildman–Crippen LogP) is 3.62. The number of hydrazine groups is 1. The van der Waals surface area contributed by atoms with Gasteiger partial charge in [-0.25, -0.2) is 0 Å². The van der Waals surface area contributed by atoms with Gasteiger partial charge in [-0.15, -0.1) is 0 Å². The molecule has 2 aromatic rings. The molecule has 0 radical (unpaired) electrons. The number of hydrogen-bond acceptors (Lipinski definition) is 3. The van der Waals surface area contributed by atoms with E-state index in [1.54, 1.807) is 0 Å². The number of rotatable bonds is 9. The Morgan fingerprint density at radius 1 is 0.652 bits per heavy atom. The summed E-state index contributed by atoms with van der Waals surface area (Å²) in [5, 5.41) is 3.56. The van der Waals surface area contributed by atoms with E-state index in [1.807, 2.05) is 6.07 Å². The van der Waals surface area contributed by atoms with Crippen LogP contribution < -0.4 is 16.2 Å². The molecule has 0 amide bonds. The third-order valence-corrected chi connectivity index (χ3v) is 4.20. The molecule has 0 saturated heterocycles. The molecule has 0 fully saturated rings. The van der Waals surface area contributed by atoms with Crippen molar-refractivity contribution in [2.24, 2.45) is 5.92 Å². The average Bonchev–Trinajstić information content (AvgIpc) is 2.58. The van der Waals surface area contributed by atoms with Crippen molar-refractivity contribution in [1.29, 1.82) is 0 Å². The molecule has 3 nitrogen and oxygen atoms in total. The lowest BCUT2D eigenvalue weighted by atomic mass is 10.1. The number of nitrogens with one attached hydrogen (secondary N) is 3. The highest BCUT2D eigenvalue weighted by Crippen LogP contribution is 2.06. The molecule has 0 saturated carbocycles. The second-order valence-electron chi connectivity index (χ2n) is 6.42. The largest absolute Gasteiger partial charge is 0.310 e. The molecule has 0 spiro atoms. The van der Waals surface area contributed by atoms with Crippen LogP contribution in [0.25, 0.3) is 0 Å². The SMILES string of the molecule is CC(C)[C@H](C)NCc1ccc(CNNCc2ccccc2)cc1. The van der Waals surface area contributed by atoms with Crippen molar-refractivity contribution in [2.45, 2.75) is 46.4 Å². The molecule has 23 heavy (non-hydrogen) atoms. The molecule has 124 valence electrons. The minimum Gasteiger partial charge on any atom is -0.310 e. The zero-order valence-corrected chi connectivity index (χ0v) is 14.5. The lowest BCUT2D eigenvalue weighted by molar-refractivity contribution is 0.426. The van der Waals surface area contributed by atoms with Gasteiger partial charge in [0.1, 0.15) is 0 Å². The summed E-state index contributed by atoms with van der Waals surface area (Å²) >= 11 is 0. The molecular formula is C20H29N3. The van der Waals surface area contributed by atoms with E-state index in [4.69, 9.17) is 0 Å². The number of benzene rings is 2. The van der Waals surface area contributed by atoms with Gasteiger partial charge in [0.15, 0.2) is 0 Å². The van der Waals surface area contributed by atoms with Crippen LogP contribution in [0.3, 0.4) is 0 Å². The Morgan fingerprint density at radius 2 is 1.13 bits per heavy atom. The summed E-state index contributed by atoms with van der Waals surface area (Å²) in [6.07, 6.45) is 0. The van der Waals surface area contributed by atoms with Crippen molar-refractivity contribution in [3.8, 4) is 0 Å². The van der Waals surface area contributed by atoms with Crippen molar-refractivity contribution in [3.63, 3.8) is 0 Å². The molecule has 2 rings (SSSR count). The Hall–Kier alpha value is -1.68. The molecule has 0 aliphatic heterocycles. The topological polar surface area (TPSA) is 36.1 Å². The van der Waals surface area contributed by atoms with Gasteiger partial charge in [-0.2, -0.15) is 0 Å². The van der Waals surface area contributed by atoms with Gasteiger partial charge in [-0.1, -0.05) is 68.4 Å². The lowest BCUT2D eigenvalue weighted by Gasteiger charge is -2.17. The fourth-order valence-corrected chi connectivity index (χ4v) is 2.21. The first-order valence-corrected chi connectivity index (χ1v) is 8.46. The van der Waals surface area contributed by atoms with Gasteiger partial charge in [0.05, 0.1) is 0 Å². The van der Waals surface area contributed by atoms with Gasteiger partial charge in [0.25, 0.3) is 0 Å². The van der Waals surface area contributed by atoms with Crippen molar-refractivity contribution >= 4 is 0 Å². The Balaban J connectivity index is 1.68.